The van der Waals surface area contributed by atoms with Crippen LogP contribution in [0.25, 0.3) is 11.4 Å². The third-order valence-corrected chi connectivity index (χ3v) is 3.62. The van der Waals surface area contributed by atoms with Gasteiger partial charge in [-0.15, -0.1) is 10.2 Å². The average molecular weight is 321 g/mol. The van der Waals surface area contributed by atoms with Gasteiger partial charge in [0.25, 0.3) is 0 Å². The summed E-state index contributed by atoms with van der Waals surface area (Å²) < 4.78 is 6.39. The lowest BCUT2D eigenvalue weighted by Gasteiger charge is -2.04. The van der Waals surface area contributed by atoms with E-state index in [9.17, 15) is 9.59 Å². The van der Waals surface area contributed by atoms with Crippen molar-refractivity contribution in [1.82, 2.24) is 25.1 Å². The molecule has 2 aromatic rings. The van der Waals surface area contributed by atoms with Crippen LogP contribution in [-0.2, 0) is 16.6 Å². The summed E-state index contributed by atoms with van der Waals surface area (Å²) in [6.45, 7) is 1.88. The molecule has 2 heterocycles. The number of rotatable bonds is 5. The second kappa shape index (κ2) is 7.55. The van der Waals surface area contributed by atoms with Crippen LogP contribution < -0.4 is 5.32 Å². The highest BCUT2D eigenvalue weighted by molar-refractivity contribution is 7.99. The number of hydrogen-bond donors (Lipinski definition) is 1. The van der Waals surface area contributed by atoms with E-state index in [1.54, 1.807) is 30.9 Å². The smallest absolute Gasteiger partial charge is 0.413 e. The Labute approximate surface area is 131 Å². The Hall–Kier alpha value is -2.42. The molecule has 0 bridgehead atoms. The van der Waals surface area contributed by atoms with Gasteiger partial charge in [-0.05, 0) is 19.1 Å². The van der Waals surface area contributed by atoms with Gasteiger partial charge in [0, 0.05) is 25.0 Å². The van der Waals surface area contributed by atoms with Gasteiger partial charge in [0.2, 0.25) is 5.91 Å². The minimum absolute atomic E-state index is 0.0395. The monoisotopic (exact) mass is 321 g/mol. The second-order valence-corrected chi connectivity index (χ2v) is 5.11. The fourth-order valence-corrected chi connectivity index (χ4v) is 2.35. The van der Waals surface area contributed by atoms with Gasteiger partial charge in [-0.1, -0.05) is 11.8 Å². The van der Waals surface area contributed by atoms with E-state index >= 15 is 0 Å². The molecule has 22 heavy (non-hydrogen) atoms. The molecule has 0 fully saturated rings. The number of carbonyl (C=O) groups is 2. The number of amides is 2. The van der Waals surface area contributed by atoms with Crippen LogP contribution in [-0.4, -0.2) is 44.1 Å². The molecule has 8 nitrogen and oxygen atoms in total. The average Bonchev–Trinajstić information content (AvgIpc) is 2.87. The summed E-state index contributed by atoms with van der Waals surface area (Å²) in [6.07, 6.45) is 2.61. The van der Waals surface area contributed by atoms with Crippen LogP contribution >= 0.6 is 11.8 Å². The quantitative estimate of drug-likeness (QED) is 0.827. The number of ether oxygens (including phenoxy) is 1. The molecule has 0 unspecified atom stereocenters. The largest absolute Gasteiger partial charge is 0.450 e. The van der Waals surface area contributed by atoms with Crippen molar-refractivity contribution in [2.24, 2.45) is 7.05 Å². The van der Waals surface area contributed by atoms with Crippen LogP contribution in [0.1, 0.15) is 6.92 Å². The van der Waals surface area contributed by atoms with E-state index in [1.807, 2.05) is 12.1 Å². The van der Waals surface area contributed by atoms with E-state index in [4.69, 9.17) is 0 Å². The summed E-state index contributed by atoms with van der Waals surface area (Å²) in [6, 6.07) is 3.68. The van der Waals surface area contributed by atoms with Crippen molar-refractivity contribution in [2.45, 2.75) is 12.1 Å². The molecule has 9 heteroatoms. The summed E-state index contributed by atoms with van der Waals surface area (Å²) in [5.74, 6) is 0.244. The standard InChI is InChI=1S/C13H15N5O3S/c1-3-21-13(20)15-10(19)8-22-12-17-16-11(18(12)2)9-5-4-6-14-7-9/h4-7H,3,8H2,1-2H3,(H,15,19,20). The second-order valence-electron chi connectivity index (χ2n) is 4.16. The Morgan fingerprint density at radius 1 is 1.41 bits per heavy atom. The van der Waals surface area contributed by atoms with Gasteiger partial charge in [-0.2, -0.15) is 0 Å². The highest BCUT2D eigenvalue weighted by Gasteiger charge is 2.14. The van der Waals surface area contributed by atoms with Gasteiger partial charge in [0.1, 0.15) is 0 Å². The van der Waals surface area contributed by atoms with Crippen LogP contribution in [0.3, 0.4) is 0 Å². The van der Waals surface area contributed by atoms with Gasteiger partial charge in [-0.25, -0.2) is 4.79 Å². The summed E-state index contributed by atoms with van der Waals surface area (Å²) in [7, 11) is 1.80. The number of thioether (sulfide) groups is 1. The van der Waals surface area contributed by atoms with Gasteiger partial charge in [0.05, 0.1) is 12.4 Å². The number of imide groups is 1. The number of hydrogen-bond acceptors (Lipinski definition) is 7. The highest BCUT2D eigenvalue weighted by Crippen LogP contribution is 2.21. The molecule has 0 aliphatic carbocycles. The molecule has 0 saturated heterocycles. The van der Waals surface area contributed by atoms with Crippen LogP contribution in [0.4, 0.5) is 4.79 Å². The Morgan fingerprint density at radius 2 is 2.23 bits per heavy atom. The van der Waals surface area contributed by atoms with Crippen LogP contribution in [0, 0.1) is 0 Å². The number of carbonyl (C=O) groups excluding carboxylic acids is 2. The molecular weight excluding hydrogens is 306 g/mol. The molecule has 0 radical (unpaired) electrons. The van der Waals surface area contributed by atoms with E-state index in [0.717, 1.165) is 5.56 Å². The fourth-order valence-electron chi connectivity index (χ4n) is 1.63. The van der Waals surface area contributed by atoms with Gasteiger partial charge >= 0.3 is 6.09 Å². The Balaban J connectivity index is 1.96. The van der Waals surface area contributed by atoms with Gasteiger partial charge in [0.15, 0.2) is 11.0 Å². The topological polar surface area (TPSA) is 99.0 Å². The van der Waals surface area contributed by atoms with Crippen LogP contribution in [0.2, 0.25) is 0 Å². The van der Waals surface area contributed by atoms with Crippen LogP contribution in [0.15, 0.2) is 29.7 Å². The van der Waals surface area contributed by atoms with E-state index in [-0.39, 0.29) is 12.4 Å². The molecule has 1 N–H and O–H groups in total. The first-order valence-corrected chi connectivity index (χ1v) is 7.49. The molecule has 0 atom stereocenters. The maximum absolute atomic E-state index is 11.6. The SMILES string of the molecule is CCOC(=O)NC(=O)CSc1nnc(-c2cccnc2)n1C. The normalized spacial score (nSPS) is 10.3. The van der Waals surface area contributed by atoms with Crippen molar-refractivity contribution in [3.8, 4) is 11.4 Å². The van der Waals surface area contributed by atoms with Crippen molar-refractivity contribution >= 4 is 23.8 Å². The zero-order valence-corrected chi connectivity index (χ0v) is 13.0. The number of alkyl carbamates (subject to hydrolysis) is 1. The Kier molecular flexibility index (Phi) is 5.48. The molecule has 0 aromatic carbocycles. The lowest BCUT2D eigenvalue weighted by atomic mass is 10.3. The number of pyridine rings is 1. The molecular formula is C13H15N5O3S. The van der Waals surface area contributed by atoms with Gasteiger partial charge in [-0.3, -0.25) is 15.1 Å². The molecule has 2 rings (SSSR count). The summed E-state index contributed by atoms with van der Waals surface area (Å²) in [4.78, 5) is 26.7. The lowest BCUT2D eigenvalue weighted by Crippen LogP contribution is -2.32. The van der Waals surface area contributed by atoms with E-state index in [2.05, 4.69) is 25.2 Å². The van der Waals surface area contributed by atoms with E-state index in [1.165, 1.54) is 11.8 Å². The predicted molar refractivity (Wildman–Crippen MR) is 80.1 cm³/mol. The molecule has 2 aromatic heterocycles. The van der Waals surface area contributed by atoms with Gasteiger partial charge < -0.3 is 9.30 Å². The third kappa shape index (κ3) is 4.04. The lowest BCUT2D eigenvalue weighted by molar-refractivity contribution is -0.117. The Morgan fingerprint density at radius 3 is 2.91 bits per heavy atom. The zero-order chi connectivity index (χ0) is 15.9. The first kappa shape index (κ1) is 16.0. The summed E-state index contributed by atoms with van der Waals surface area (Å²) >= 11 is 1.18. The fraction of sp³-hybridized carbons (Fsp3) is 0.308. The van der Waals surface area contributed by atoms with Crippen LogP contribution in [0.5, 0.6) is 0 Å². The van der Waals surface area contributed by atoms with Crippen molar-refractivity contribution in [3.63, 3.8) is 0 Å². The maximum Gasteiger partial charge on any atom is 0.413 e. The minimum atomic E-state index is -0.748. The van der Waals surface area contributed by atoms with Crippen molar-refractivity contribution in [1.29, 1.82) is 0 Å². The molecule has 0 saturated carbocycles. The van der Waals surface area contributed by atoms with Crippen molar-refractivity contribution in [3.05, 3.63) is 24.5 Å². The first-order chi connectivity index (χ1) is 10.6. The predicted octanol–water partition coefficient (Wildman–Crippen LogP) is 1.24. The number of nitrogens with zero attached hydrogens (tertiary/aromatic N) is 4. The molecule has 2 amide bonds. The number of aromatic nitrogens is 4. The summed E-state index contributed by atoms with van der Waals surface area (Å²) in [5, 5.41) is 10.8. The van der Waals surface area contributed by atoms with E-state index < -0.39 is 12.0 Å². The van der Waals surface area contributed by atoms with Crippen molar-refractivity contribution in [2.75, 3.05) is 12.4 Å². The van der Waals surface area contributed by atoms with Crippen molar-refractivity contribution < 1.29 is 14.3 Å². The molecule has 0 spiro atoms. The zero-order valence-electron chi connectivity index (χ0n) is 12.1. The number of nitrogens with one attached hydrogen (secondary N) is 1. The van der Waals surface area contributed by atoms with E-state index in [0.29, 0.717) is 11.0 Å². The molecule has 0 aliphatic rings. The molecule has 116 valence electrons. The molecule has 0 aliphatic heterocycles. The minimum Gasteiger partial charge on any atom is -0.450 e. The maximum atomic E-state index is 11.6. The highest BCUT2D eigenvalue weighted by atomic mass is 32.2. The first-order valence-electron chi connectivity index (χ1n) is 6.51. The summed E-state index contributed by atoms with van der Waals surface area (Å²) in [5.41, 5.74) is 0.834. The third-order valence-electron chi connectivity index (χ3n) is 2.60. The Bertz CT molecular complexity index is 659.